The fourth-order valence-electron chi connectivity index (χ4n) is 3.62. The highest BCUT2D eigenvalue weighted by molar-refractivity contribution is 14.1. The van der Waals surface area contributed by atoms with E-state index in [2.05, 4.69) is 33.3 Å². The van der Waals surface area contributed by atoms with Crippen LogP contribution in [0, 0.1) is 3.70 Å². The molecular weight excluding hydrogens is 405 g/mol. The van der Waals surface area contributed by atoms with Crippen molar-refractivity contribution < 1.29 is 9.53 Å². The van der Waals surface area contributed by atoms with Crippen LogP contribution < -0.4 is 0 Å². The van der Waals surface area contributed by atoms with E-state index < -0.39 is 5.60 Å². The Hall–Kier alpha value is -0.790. The first kappa shape index (κ1) is 17.0. The van der Waals surface area contributed by atoms with Gasteiger partial charge in [-0.1, -0.05) is 12.8 Å². The Balaban J connectivity index is 1.70. The van der Waals surface area contributed by atoms with Crippen molar-refractivity contribution >= 4 is 28.7 Å². The number of likely N-dealkylation sites (tertiary alicyclic amines) is 1. The van der Waals surface area contributed by atoms with Crippen LogP contribution in [0.25, 0.3) is 0 Å². The van der Waals surface area contributed by atoms with E-state index in [1.165, 1.54) is 31.4 Å². The summed E-state index contributed by atoms with van der Waals surface area (Å²) in [6, 6.07) is 2.74. The number of aromatic nitrogens is 2. The zero-order valence-electron chi connectivity index (χ0n) is 14.2. The number of carbonyl (C=O) groups excluding carboxylic acids is 1. The first-order chi connectivity index (χ1) is 10.8. The molecule has 1 atom stereocenters. The molecule has 1 aromatic heterocycles. The minimum Gasteiger partial charge on any atom is -0.444 e. The number of hydrogen-bond acceptors (Lipinski definition) is 3. The quantitative estimate of drug-likeness (QED) is 0.656. The van der Waals surface area contributed by atoms with Gasteiger partial charge in [0.05, 0.1) is 6.04 Å². The Morgan fingerprint density at radius 3 is 2.65 bits per heavy atom. The molecule has 1 saturated carbocycles. The van der Waals surface area contributed by atoms with Crippen molar-refractivity contribution in [2.45, 2.75) is 70.4 Å². The van der Waals surface area contributed by atoms with Gasteiger partial charge in [0.1, 0.15) is 9.30 Å². The molecule has 6 heteroatoms. The van der Waals surface area contributed by atoms with Crippen LogP contribution in [0.15, 0.2) is 6.07 Å². The lowest BCUT2D eigenvalue weighted by Crippen LogP contribution is -2.35. The standard InChI is InChI=1S/C17H26IN3O2/c1-17(2,3)23-16(22)20-9-8-12(11-20)14-10-15(18)19-21(14)13-6-4-5-7-13/h10,12-13H,4-9,11H2,1-3H3. The van der Waals surface area contributed by atoms with E-state index in [1.54, 1.807) is 0 Å². The molecule has 1 amide bonds. The molecule has 23 heavy (non-hydrogen) atoms. The molecule has 0 N–H and O–H groups in total. The molecule has 128 valence electrons. The highest BCUT2D eigenvalue weighted by Crippen LogP contribution is 2.35. The summed E-state index contributed by atoms with van der Waals surface area (Å²) >= 11 is 2.30. The van der Waals surface area contributed by atoms with E-state index in [4.69, 9.17) is 9.84 Å². The second-order valence-corrected chi connectivity index (χ2v) is 8.79. The molecule has 0 radical (unpaired) electrons. The van der Waals surface area contributed by atoms with Gasteiger partial charge in [-0.25, -0.2) is 4.79 Å². The molecule has 1 aliphatic carbocycles. The highest BCUT2D eigenvalue weighted by atomic mass is 127. The summed E-state index contributed by atoms with van der Waals surface area (Å²) in [5, 5.41) is 4.74. The second kappa shape index (κ2) is 6.61. The fraction of sp³-hybridized carbons (Fsp3) is 0.765. The summed E-state index contributed by atoms with van der Waals surface area (Å²) in [7, 11) is 0. The molecule has 2 fully saturated rings. The lowest BCUT2D eigenvalue weighted by molar-refractivity contribution is 0.0292. The minimum atomic E-state index is -0.434. The predicted molar refractivity (Wildman–Crippen MR) is 97.6 cm³/mol. The van der Waals surface area contributed by atoms with Gasteiger partial charge in [-0.3, -0.25) is 4.68 Å². The van der Waals surface area contributed by atoms with E-state index in [0.717, 1.165) is 23.2 Å². The molecule has 2 aliphatic rings. The number of nitrogens with zero attached hydrogens (tertiary/aromatic N) is 3. The van der Waals surface area contributed by atoms with Gasteiger partial charge in [0.2, 0.25) is 0 Å². The van der Waals surface area contributed by atoms with Crippen molar-refractivity contribution in [3.63, 3.8) is 0 Å². The molecular formula is C17H26IN3O2. The first-order valence-corrected chi connectivity index (χ1v) is 9.64. The van der Waals surface area contributed by atoms with Crippen molar-refractivity contribution in [3.05, 3.63) is 15.5 Å². The topological polar surface area (TPSA) is 47.4 Å². The van der Waals surface area contributed by atoms with Crippen LogP contribution in [0.3, 0.4) is 0 Å². The maximum absolute atomic E-state index is 12.3. The Labute approximate surface area is 151 Å². The summed E-state index contributed by atoms with van der Waals surface area (Å²) in [5.41, 5.74) is 0.864. The molecule has 1 saturated heterocycles. The van der Waals surface area contributed by atoms with E-state index in [0.29, 0.717) is 12.0 Å². The lowest BCUT2D eigenvalue weighted by atomic mass is 10.0. The summed E-state index contributed by atoms with van der Waals surface area (Å²) in [4.78, 5) is 14.1. The molecule has 0 spiro atoms. The Bertz CT molecular complexity index is 573. The van der Waals surface area contributed by atoms with Crippen molar-refractivity contribution in [3.8, 4) is 0 Å². The summed E-state index contributed by atoms with van der Waals surface area (Å²) < 4.78 is 8.81. The van der Waals surface area contributed by atoms with Crippen molar-refractivity contribution in [2.75, 3.05) is 13.1 Å². The summed E-state index contributed by atoms with van der Waals surface area (Å²) in [6.45, 7) is 7.25. The SMILES string of the molecule is CC(C)(C)OC(=O)N1CCC(c2cc(I)nn2C2CCCC2)C1. The van der Waals surface area contributed by atoms with Gasteiger partial charge in [-0.15, -0.1) is 0 Å². The summed E-state index contributed by atoms with van der Waals surface area (Å²) in [5.74, 6) is 0.374. The van der Waals surface area contributed by atoms with Gasteiger partial charge < -0.3 is 9.64 Å². The van der Waals surface area contributed by atoms with Crippen LogP contribution in [0.2, 0.25) is 0 Å². The van der Waals surface area contributed by atoms with Crippen molar-refractivity contribution in [1.29, 1.82) is 0 Å². The smallest absolute Gasteiger partial charge is 0.410 e. The summed E-state index contributed by atoms with van der Waals surface area (Å²) in [6.07, 6.45) is 5.86. The molecule has 5 nitrogen and oxygen atoms in total. The van der Waals surface area contributed by atoms with Gasteiger partial charge in [-0.2, -0.15) is 5.10 Å². The monoisotopic (exact) mass is 431 g/mol. The van der Waals surface area contributed by atoms with E-state index in [9.17, 15) is 4.79 Å². The number of amides is 1. The maximum Gasteiger partial charge on any atom is 0.410 e. The van der Waals surface area contributed by atoms with Crippen molar-refractivity contribution in [2.24, 2.45) is 0 Å². The van der Waals surface area contributed by atoms with Crippen LogP contribution in [0.5, 0.6) is 0 Å². The number of halogens is 1. The number of carbonyl (C=O) groups is 1. The lowest BCUT2D eigenvalue weighted by Gasteiger charge is -2.24. The van der Waals surface area contributed by atoms with E-state index >= 15 is 0 Å². The molecule has 3 rings (SSSR count). The average Bonchev–Trinajstić information content (AvgIpc) is 3.16. The minimum absolute atomic E-state index is 0.193. The van der Waals surface area contributed by atoms with Crippen LogP contribution in [0.4, 0.5) is 4.79 Å². The van der Waals surface area contributed by atoms with E-state index in [1.807, 2.05) is 25.7 Å². The Morgan fingerprint density at radius 2 is 2.00 bits per heavy atom. The molecule has 0 aromatic carbocycles. The zero-order chi connectivity index (χ0) is 16.6. The maximum atomic E-state index is 12.3. The molecule has 1 aliphatic heterocycles. The van der Waals surface area contributed by atoms with Crippen molar-refractivity contribution in [1.82, 2.24) is 14.7 Å². The van der Waals surface area contributed by atoms with Gasteiger partial charge in [0.25, 0.3) is 0 Å². The molecule has 2 heterocycles. The zero-order valence-corrected chi connectivity index (χ0v) is 16.4. The largest absolute Gasteiger partial charge is 0.444 e. The van der Waals surface area contributed by atoms with Crippen LogP contribution >= 0.6 is 22.6 Å². The highest BCUT2D eigenvalue weighted by Gasteiger charge is 2.33. The van der Waals surface area contributed by atoms with Gasteiger partial charge >= 0.3 is 6.09 Å². The predicted octanol–water partition coefficient (Wildman–Crippen LogP) is 4.33. The molecule has 1 aromatic rings. The number of hydrogen-bond donors (Lipinski definition) is 0. The number of rotatable bonds is 2. The normalized spacial score (nSPS) is 22.8. The Kier molecular flexibility index (Phi) is 4.90. The van der Waals surface area contributed by atoms with Gasteiger partial charge in [0, 0.05) is 24.7 Å². The Morgan fingerprint density at radius 1 is 1.30 bits per heavy atom. The molecule has 1 unspecified atom stereocenters. The van der Waals surface area contributed by atoms with Crippen LogP contribution in [-0.4, -0.2) is 39.5 Å². The van der Waals surface area contributed by atoms with Gasteiger partial charge in [0.15, 0.2) is 0 Å². The van der Waals surface area contributed by atoms with Crippen LogP contribution in [-0.2, 0) is 4.74 Å². The van der Waals surface area contributed by atoms with Gasteiger partial charge in [-0.05, 0) is 68.7 Å². The third-order valence-corrected chi connectivity index (χ3v) is 5.19. The third kappa shape index (κ3) is 4.00. The third-order valence-electron chi connectivity index (χ3n) is 4.66. The van der Waals surface area contributed by atoms with E-state index in [-0.39, 0.29) is 6.09 Å². The number of ether oxygens (including phenoxy) is 1. The fourth-order valence-corrected chi connectivity index (χ4v) is 4.17. The average molecular weight is 431 g/mol. The second-order valence-electron chi connectivity index (χ2n) is 7.69. The first-order valence-electron chi connectivity index (χ1n) is 8.56. The van der Waals surface area contributed by atoms with Crippen LogP contribution in [0.1, 0.15) is 70.5 Å². The molecule has 0 bridgehead atoms.